The molecule has 0 radical (unpaired) electrons. The lowest BCUT2D eigenvalue weighted by Gasteiger charge is -2.10. The highest BCUT2D eigenvalue weighted by molar-refractivity contribution is 6.07. The summed E-state index contributed by atoms with van der Waals surface area (Å²) < 4.78 is 5.19. The van der Waals surface area contributed by atoms with Crippen molar-refractivity contribution >= 4 is 29.7 Å². The molecule has 2 amide bonds. The van der Waals surface area contributed by atoms with E-state index in [2.05, 4.69) is 26.2 Å². The number of methoxy groups -OCH3 is 1. The Morgan fingerprint density at radius 1 is 1.22 bits per heavy atom. The van der Waals surface area contributed by atoms with E-state index in [4.69, 9.17) is 4.74 Å². The second-order valence-corrected chi connectivity index (χ2v) is 5.72. The second kappa shape index (κ2) is 8.61. The number of benzene rings is 2. The van der Waals surface area contributed by atoms with Crippen LogP contribution in [0.5, 0.6) is 5.75 Å². The second-order valence-electron chi connectivity index (χ2n) is 5.72. The van der Waals surface area contributed by atoms with Gasteiger partial charge in [-0.3, -0.25) is 14.9 Å². The zero-order valence-electron chi connectivity index (χ0n) is 14.7. The fourth-order valence-corrected chi connectivity index (χ4v) is 2.47. The molecule has 1 aliphatic heterocycles. The quantitative estimate of drug-likeness (QED) is 0.533. The van der Waals surface area contributed by atoms with Gasteiger partial charge in [0.15, 0.2) is 0 Å². The van der Waals surface area contributed by atoms with E-state index in [1.54, 1.807) is 30.5 Å². The molecule has 2 aromatic rings. The SMILES string of the molecule is COc1ccccc1NC(=O)C[C@H]1N=C(N/N=C/c2ccccc2)NC1=O. The van der Waals surface area contributed by atoms with Crippen LogP contribution in [0, 0.1) is 0 Å². The number of nitrogens with zero attached hydrogens (tertiary/aromatic N) is 2. The van der Waals surface area contributed by atoms with Gasteiger partial charge in [0.2, 0.25) is 11.9 Å². The van der Waals surface area contributed by atoms with Gasteiger partial charge < -0.3 is 10.1 Å². The third-order valence-electron chi connectivity index (χ3n) is 3.77. The zero-order chi connectivity index (χ0) is 19.1. The van der Waals surface area contributed by atoms with E-state index in [0.717, 1.165) is 5.56 Å². The molecule has 3 N–H and O–H groups in total. The molecule has 0 fully saturated rings. The predicted molar refractivity (Wildman–Crippen MR) is 103 cm³/mol. The maximum Gasteiger partial charge on any atom is 0.252 e. The van der Waals surface area contributed by atoms with Crippen LogP contribution in [0.3, 0.4) is 0 Å². The Hall–Kier alpha value is -3.68. The number of para-hydroxylation sites is 2. The summed E-state index contributed by atoms with van der Waals surface area (Å²) in [6.07, 6.45) is 1.52. The van der Waals surface area contributed by atoms with E-state index < -0.39 is 6.04 Å². The van der Waals surface area contributed by atoms with Crippen LogP contribution in [-0.2, 0) is 9.59 Å². The molecule has 0 unspecified atom stereocenters. The molecule has 1 aliphatic rings. The van der Waals surface area contributed by atoms with E-state index >= 15 is 0 Å². The Morgan fingerprint density at radius 2 is 1.96 bits per heavy atom. The Balaban J connectivity index is 1.56. The van der Waals surface area contributed by atoms with Crippen LogP contribution in [-0.4, -0.2) is 37.1 Å². The average molecular weight is 365 g/mol. The van der Waals surface area contributed by atoms with E-state index in [-0.39, 0.29) is 24.2 Å². The van der Waals surface area contributed by atoms with Crippen LogP contribution in [0.1, 0.15) is 12.0 Å². The third-order valence-corrected chi connectivity index (χ3v) is 3.77. The van der Waals surface area contributed by atoms with Gasteiger partial charge in [-0.25, -0.2) is 10.4 Å². The summed E-state index contributed by atoms with van der Waals surface area (Å²) in [6, 6.07) is 15.7. The standard InChI is InChI=1S/C19H19N5O3/c1-27-16-10-6-5-9-14(16)21-17(25)11-15-18(26)23-19(22-15)24-20-12-13-7-3-2-4-8-13/h2-10,12,15H,11H2,1H3,(H,21,25)(H2,22,23,24,26)/b20-12+/t15-/m1/s1. The first-order chi connectivity index (χ1) is 13.2. The van der Waals surface area contributed by atoms with Gasteiger partial charge in [0.25, 0.3) is 5.91 Å². The number of hydrogen-bond donors (Lipinski definition) is 3. The molecule has 8 nitrogen and oxygen atoms in total. The maximum absolute atomic E-state index is 12.2. The molecular weight excluding hydrogens is 346 g/mol. The molecule has 1 atom stereocenters. The number of aliphatic imine (C=N–C) groups is 1. The Bertz CT molecular complexity index is 880. The summed E-state index contributed by atoms with van der Waals surface area (Å²) in [5.74, 6) is 0.0603. The smallest absolute Gasteiger partial charge is 0.252 e. The number of carbonyl (C=O) groups excluding carboxylic acids is 2. The molecule has 3 rings (SSSR count). The van der Waals surface area contributed by atoms with E-state index in [0.29, 0.717) is 11.4 Å². The number of nitrogens with one attached hydrogen (secondary N) is 3. The lowest BCUT2D eigenvalue weighted by molar-refractivity contribution is -0.123. The minimum absolute atomic E-state index is 0.0859. The molecule has 0 bridgehead atoms. The van der Waals surface area contributed by atoms with Gasteiger partial charge in [-0.1, -0.05) is 42.5 Å². The average Bonchev–Trinajstić information content (AvgIpc) is 3.02. The van der Waals surface area contributed by atoms with Crippen molar-refractivity contribution in [1.29, 1.82) is 0 Å². The van der Waals surface area contributed by atoms with Crippen LogP contribution < -0.4 is 20.8 Å². The minimum atomic E-state index is -0.811. The van der Waals surface area contributed by atoms with Crippen molar-refractivity contribution in [2.24, 2.45) is 10.1 Å². The van der Waals surface area contributed by atoms with Crippen molar-refractivity contribution in [3.05, 3.63) is 60.2 Å². The van der Waals surface area contributed by atoms with Gasteiger partial charge in [0, 0.05) is 0 Å². The first-order valence-electron chi connectivity index (χ1n) is 8.31. The van der Waals surface area contributed by atoms with Gasteiger partial charge in [0.1, 0.15) is 11.8 Å². The zero-order valence-corrected chi connectivity index (χ0v) is 14.7. The normalized spacial score (nSPS) is 16.0. The highest BCUT2D eigenvalue weighted by atomic mass is 16.5. The number of guanidine groups is 1. The summed E-state index contributed by atoms with van der Waals surface area (Å²) in [4.78, 5) is 28.4. The van der Waals surface area contributed by atoms with Crippen molar-refractivity contribution in [2.45, 2.75) is 12.5 Å². The fraction of sp³-hybridized carbons (Fsp3) is 0.158. The molecule has 8 heteroatoms. The minimum Gasteiger partial charge on any atom is -0.495 e. The third kappa shape index (κ3) is 4.91. The Kier molecular flexibility index (Phi) is 5.78. The van der Waals surface area contributed by atoms with Gasteiger partial charge in [-0.2, -0.15) is 5.10 Å². The number of rotatable bonds is 6. The highest BCUT2D eigenvalue weighted by Gasteiger charge is 2.28. The number of carbonyl (C=O) groups is 2. The largest absolute Gasteiger partial charge is 0.495 e. The summed E-state index contributed by atoms with van der Waals surface area (Å²) in [6.45, 7) is 0. The van der Waals surface area contributed by atoms with E-state index in [1.807, 2.05) is 30.3 Å². The molecular formula is C19H19N5O3. The first-order valence-corrected chi connectivity index (χ1v) is 8.31. The molecule has 2 aromatic carbocycles. The number of hydrogen-bond acceptors (Lipinski definition) is 6. The predicted octanol–water partition coefficient (Wildman–Crippen LogP) is 1.50. The summed E-state index contributed by atoms with van der Waals surface area (Å²) in [7, 11) is 1.52. The monoisotopic (exact) mass is 365 g/mol. The molecule has 0 spiro atoms. The van der Waals surface area contributed by atoms with Gasteiger partial charge >= 0.3 is 0 Å². The molecule has 1 heterocycles. The van der Waals surface area contributed by atoms with Crippen molar-refractivity contribution < 1.29 is 14.3 Å². The maximum atomic E-state index is 12.2. The molecule has 138 valence electrons. The molecule has 0 aromatic heterocycles. The van der Waals surface area contributed by atoms with Crippen molar-refractivity contribution in [3.8, 4) is 5.75 Å². The number of anilines is 1. The van der Waals surface area contributed by atoms with Crippen LogP contribution in [0.25, 0.3) is 0 Å². The Labute approximate surface area is 156 Å². The number of ether oxygens (including phenoxy) is 1. The van der Waals surface area contributed by atoms with Crippen molar-refractivity contribution in [3.63, 3.8) is 0 Å². The van der Waals surface area contributed by atoms with Crippen molar-refractivity contribution in [2.75, 3.05) is 12.4 Å². The van der Waals surface area contributed by atoms with Gasteiger partial charge in [-0.15, -0.1) is 0 Å². The molecule has 0 saturated carbocycles. The number of hydrazone groups is 1. The first kappa shape index (κ1) is 18.1. The lowest BCUT2D eigenvalue weighted by atomic mass is 10.2. The Morgan fingerprint density at radius 3 is 2.74 bits per heavy atom. The molecule has 0 aliphatic carbocycles. The van der Waals surface area contributed by atoms with Crippen LogP contribution in [0.15, 0.2) is 64.7 Å². The van der Waals surface area contributed by atoms with E-state index in [9.17, 15) is 9.59 Å². The molecule has 0 saturated heterocycles. The van der Waals surface area contributed by atoms with Gasteiger partial charge in [0.05, 0.1) is 25.4 Å². The topological polar surface area (TPSA) is 104 Å². The molecule has 27 heavy (non-hydrogen) atoms. The summed E-state index contributed by atoms with van der Waals surface area (Å²) in [5, 5.41) is 9.31. The fourth-order valence-electron chi connectivity index (χ4n) is 2.47. The van der Waals surface area contributed by atoms with Gasteiger partial charge in [-0.05, 0) is 17.7 Å². The van der Waals surface area contributed by atoms with Crippen LogP contribution in [0.4, 0.5) is 5.69 Å². The van der Waals surface area contributed by atoms with E-state index in [1.165, 1.54) is 7.11 Å². The summed E-state index contributed by atoms with van der Waals surface area (Å²) >= 11 is 0. The van der Waals surface area contributed by atoms with Crippen LogP contribution in [0.2, 0.25) is 0 Å². The number of amides is 2. The van der Waals surface area contributed by atoms with Crippen LogP contribution >= 0.6 is 0 Å². The van der Waals surface area contributed by atoms with Crippen molar-refractivity contribution in [1.82, 2.24) is 10.7 Å². The lowest BCUT2D eigenvalue weighted by Crippen LogP contribution is -2.35. The summed E-state index contributed by atoms with van der Waals surface area (Å²) in [5.41, 5.74) is 4.11. The highest BCUT2D eigenvalue weighted by Crippen LogP contribution is 2.23.